The number of hydrogen-bond donors (Lipinski definition) is 1. The molecule has 1 N–H and O–H groups in total. The lowest BCUT2D eigenvalue weighted by molar-refractivity contribution is 0.183. The van der Waals surface area contributed by atoms with Gasteiger partial charge in [0.15, 0.2) is 9.84 Å². The second-order valence-electron chi connectivity index (χ2n) is 5.97. The van der Waals surface area contributed by atoms with Gasteiger partial charge in [0.2, 0.25) is 0 Å². The highest BCUT2D eigenvalue weighted by atomic mass is 32.2. The Morgan fingerprint density at radius 2 is 1.78 bits per heavy atom. The van der Waals surface area contributed by atoms with E-state index in [1.165, 1.54) is 0 Å². The number of benzene rings is 1. The highest BCUT2D eigenvalue weighted by Crippen LogP contribution is 2.24. The van der Waals surface area contributed by atoms with Gasteiger partial charge in [0.25, 0.3) is 0 Å². The molecule has 0 bridgehead atoms. The fraction of sp³-hybridized carbons (Fsp3) is 0.625. The van der Waals surface area contributed by atoms with Crippen LogP contribution in [0.2, 0.25) is 0 Å². The Morgan fingerprint density at radius 1 is 1.17 bits per heavy atom. The minimum absolute atomic E-state index is 0.256. The molecule has 7 heteroatoms. The molecule has 0 aliphatic rings. The summed E-state index contributed by atoms with van der Waals surface area (Å²) in [6.45, 7) is 5.94. The fourth-order valence-corrected chi connectivity index (χ4v) is 4.80. The van der Waals surface area contributed by atoms with E-state index >= 15 is 0 Å². The first-order chi connectivity index (χ1) is 10.8. The van der Waals surface area contributed by atoms with Crippen molar-refractivity contribution in [3.05, 3.63) is 39.3 Å². The molecule has 1 atom stereocenters. The van der Waals surface area contributed by atoms with Crippen LogP contribution >= 0.6 is 0 Å². The maximum absolute atomic E-state index is 12.6. The number of unbranched alkanes of at least 4 members (excludes halogenated alkanes) is 2. The number of azide groups is 1. The molecule has 0 heterocycles. The molecule has 0 aliphatic heterocycles. The van der Waals surface area contributed by atoms with Gasteiger partial charge in [-0.2, -0.15) is 0 Å². The summed E-state index contributed by atoms with van der Waals surface area (Å²) in [4.78, 5) is 3.01. The van der Waals surface area contributed by atoms with Crippen molar-refractivity contribution in [1.29, 1.82) is 0 Å². The summed E-state index contributed by atoms with van der Waals surface area (Å²) in [6, 6.07) is 3.70. The van der Waals surface area contributed by atoms with E-state index < -0.39 is 15.9 Å². The van der Waals surface area contributed by atoms with Crippen LogP contribution in [0.1, 0.15) is 42.4 Å². The molecule has 1 unspecified atom stereocenters. The minimum atomic E-state index is -3.51. The van der Waals surface area contributed by atoms with Crippen molar-refractivity contribution < 1.29 is 13.5 Å². The van der Waals surface area contributed by atoms with Crippen molar-refractivity contribution in [2.75, 3.05) is 12.3 Å². The molecule has 128 valence electrons. The minimum Gasteiger partial charge on any atom is -0.392 e. The van der Waals surface area contributed by atoms with Gasteiger partial charge in [-0.25, -0.2) is 8.42 Å². The highest BCUT2D eigenvalue weighted by Gasteiger charge is 2.23. The van der Waals surface area contributed by atoms with E-state index in [9.17, 15) is 13.5 Å². The van der Waals surface area contributed by atoms with Gasteiger partial charge >= 0.3 is 0 Å². The average Bonchev–Trinajstić information content (AvgIpc) is 2.40. The first-order valence-corrected chi connectivity index (χ1v) is 9.42. The number of aryl methyl sites for hydroxylation is 3. The van der Waals surface area contributed by atoms with Crippen LogP contribution in [-0.4, -0.2) is 31.9 Å². The first-order valence-electron chi connectivity index (χ1n) is 7.77. The van der Waals surface area contributed by atoms with Gasteiger partial charge in [0.05, 0.1) is 16.8 Å². The zero-order chi connectivity index (χ0) is 17.5. The van der Waals surface area contributed by atoms with E-state index in [2.05, 4.69) is 10.0 Å². The largest absolute Gasteiger partial charge is 0.392 e. The molecule has 0 spiro atoms. The standard InChI is InChI=1S/C16H25N3O3S/c1-12-9-13(2)16(14(3)10-12)23(21,22)11-15(20)7-5-4-6-8-18-19-17/h9-10,15,20H,4-8,11H2,1-3H3. The van der Waals surface area contributed by atoms with E-state index in [0.29, 0.717) is 24.3 Å². The van der Waals surface area contributed by atoms with Gasteiger partial charge < -0.3 is 5.11 Å². The Bertz CT molecular complexity index is 657. The van der Waals surface area contributed by atoms with Gasteiger partial charge in [-0.1, -0.05) is 35.7 Å². The normalized spacial score (nSPS) is 12.7. The summed E-state index contributed by atoms with van der Waals surface area (Å²) in [5.74, 6) is -0.256. The van der Waals surface area contributed by atoms with Crippen molar-refractivity contribution in [2.45, 2.75) is 57.5 Å². The predicted molar refractivity (Wildman–Crippen MR) is 91.2 cm³/mol. The SMILES string of the molecule is Cc1cc(C)c(S(=O)(=O)CC(O)CCCCCN=[N+]=[N-])c(C)c1. The van der Waals surface area contributed by atoms with Gasteiger partial charge in [-0.15, -0.1) is 0 Å². The van der Waals surface area contributed by atoms with Crippen LogP contribution in [-0.2, 0) is 9.84 Å². The number of rotatable bonds is 9. The lowest BCUT2D eigenvalue weighted by Gasteiger charge is -2.15. The number of aliphatic hydroxyl groups is 1. The molecule has 6 nitrogen and oxygen atoms in total. The van der Waals surface area contributed by atoms with E-state index in [1.807, 2.05) is 19.1 Å². The van der Waals surface area contributed by atoms with Gasteiger partial charge in [0.1, 0.15) is 0 Å². The fourth-order valence-electron chi connectivity index (χ4n) is 2.86. The van der Waals surface area contributed by atoms with Gasteiger partial charge in [0, 0.05) is 11.5 Å². The quantitative estimate of drug-likeness (QED) is 0.321. The van der Waals surface area contributed by atoms with E-state index in [1.54, 1.807) is 13.8 Å². The van der Waals surface area contributed by atoms with Crippen LogP contribution in [0, 0.1) is 20.8 Å². The molecule has 1 aromatic rings. The van der Waals surface area contributed by atoms with E-state index in [-0.39, 0.29) is 5.75 Å². The monoisotopic (exact) mass is 339 g/mol. The molecule has 0 amide bonds. The maximum atomic E-state index is 12.6. The van der Waals surface area contributed by atoms with Gasteiger partial charge in [-0.3, -0.25) is 0 Å². The molecule has 1 aromatic carbocycles. The number of nitrogens with zero attached hydrogens (tertiary/aromatic N) is 3. The predicted octanol–water partition coefficient (Wildman–Crippen LogP) is 3.62. The van der Waals surface area contributed by atoms with Crippen LogP contribution in [0.15, 0.2) is 22.1 Å². The van der Waals surface area contributed by atoms with Crippen molar-refractivity contribution >= 4 is 9.84 Å². The zero-order valence-electron chi connectivity index (χ0n) is 14.0. The Kier molecular flexibility index (Phi) is 7.55. The molecule has 0 radical (unpaired) electrons. The van der Waals surface area contributed by atoms with Crippen LogP contribution in [0.4, 0.5) is 0 Å². The smallest absolute Gasteiger partial charge is 0.181 e. The Morgan fingerprint density at radius 3 is 2.35 bits per heavy atom. The number of sulfone groups is 1. The zero-order valence-corrected chi connectivity index (χ0v) is 14.8. The van der Waals surface area contributed by atoms with Crippen molar-refractivity contribution in [3.8, 4) is 0 Å². The van der Waals surface area contributed by atoms with Crippen molar-refractivity contribution in [3.63, 3.8) is 0 Å². The Balaban J connectivity index is 2.63. The van der Waals surface area contributed by atoms with E-state index in [0.717, 1.165) is 29.5 Å². The second-order valence-corrected chi connectivity index (χ2v) is 7.94. The average molecular weight is 339 g/mol. The second kappa shape index (κ2) is 8.91. The van der Waals surface area contributed by atoms with Crippen molar-refractivity contribution in [2.24, 2.45) is 5.11 Å². The summed E-state index contributed by atoms with van der Waals surface area (Å²) < 4.78 is 25.1. The van der Waals surface area contributed by atoms with E-state index in [4.69, 9.17) is 5.53 Å². The Labute approximate surface area is 138 Å². The third-order valence-corrected chi connectivity index (χ3v) is 5.78. The summed E-state index contributed by atoms with van der Waals surface area (Å²) >= 11 is 0. The highest BCUT2D eigenvalue weighted by molar-refractivity contribution is 7.91. The van der Waals surface area contributed by atoms with Crippen LogP contribution in [0.5, 0.6) is 0 Å². The van der Waals surface area contributed by atoms with Crippen molar-refractivity contribution in [1.82, 2.24) is 0 Å². The summed E-state index contributed by atoms with van der Waals surface area (Å²) in [6.07, 6.45) is 1.82. The lowest BCUT2D eigenvalue weighted by Crippen LogP contribution is -2.22. The molecular formula is C16H25N3O3S. The first kappa shape index (κ1) is 19.5. The topological polar surface area (TPSA) is 103 Å². The number of hydrogen-bond acceptors (Lipinski definition) is 4. The third-order valence-electron chi connectivity index (χ3n) is 3.69. The van der Waals surface area contributed by atoms with Gasteiger partial charge in [-0.05, 0) is 50.3 Å². The van der Waals surface area contributed by atoms with Crippen LogP contribution in [0.25, 0.3) is 10.4 Å². The molecule has 0 aromatic heterocycles. The van der Waals surface area contributed by atoms with Crippen LogP contribution in [0.3, 0.4) is 0 Å². The van der Waals surface area contributed by atoms with Crippen LogP contribution < -0.4 is 0 Å². The molecular weight excluding hydrogens is 314 g/mol. The lowest BCUT2D eigenvalue weighted by atomic mass is 10.1. The number of aliphatic hydroxyl groups excluding tert-OH is 1. The maximum Gasteiger partial charge on any atom is 0.181 e. The summed E-state index contributed by atoms with van der Waals surface area (Å²) in [5.41, 5.74) is 10.6. The molecule has 0 aliphatic carbocycles. The molecule has 0 saturated carbocycles. The third kappa shape index (κ3) is 6.22. The molecule has 0 fully saturated rings. The summed E-state index contributed by atoms with van der Waals surface area (Å²) in [5, 5.41) is 13.5. The molecule has 23 heavy (non-hydrogen) atoms. The Hall–Kier alpha value is -1.56. The molecule has 1 rings (SSSR count). The molecule has 0 saturated heterocycles. The summed E-state index contributed by atoms with van der Waals surface area (Å²) in [7, 11) is -3.51.